The number of hydrogen-bond donors (Lipinski definition) is 0. The van der Waals surface area contributed by atoms with Crippen molar-refractivity contribution >= 4 is 17.0 Å². The first-order valence-electron chi connectivity index (χ1n) is 5.11. The molecule has 1 heterocycles. The second kappa shape index (κ2) is 3.96. The second-order valence-corrected chi connectivity index (χ2v) is 3.78. The Morgan fingerprint density at radius 1 is 1.50 bits per heavy atom. The molecule has 1 aromatic heterocycles. The number of fused-ring (bicyclic) bond motifs is 1. The summed E-state index contributed by atoms with van der Waals surface area (Å²) in [5.41, 5.74) is 3.14. The second-order valence-electron chi connectivity index (χ2n) is 3.78. The molecule has 2 rings (SSSR count). The number of carbonyl (C=O) groups excluding carboxylic acids is 1. The molecule has 0 aliphatic heterocycles. The molecular formula is C12H14N2O2. The number of imidazole rings is 1. The van der Waals surface area contributed by atoms with Crippen LogP contribution in [0.3, 0.4) is 0 Å². The number of aromatic nitrogens is 2. The number of rotatable bonds is 2. The SMILES string of the molecule is COC(=O)Cc1nc2cccc(C)c2n1C. The normalized spacial score (nSPS) is 10.7. The van der Waals surface area contributed by atoms with Crippen LogP contribution in [0.5, 0.6) is 0 Å². The summed E-state index contributed by atoms with van der Waals surface area (Å²) in [5, 5.41) is 0. The van der Waals surface area contributed by atoms with Crippen molar-refractivity contribution in [1.29, 1.82) is 0 Å². The van der Waals surface area contributed by atoms with Gasteiger partial charge in [0.1, 0.15) is 12.2 Å². The Morgan fingerprint density at radius 3 is 2.88 bits per heavy atom. The highest BCUT2D eigenvalue weighted by Crippen LogP contribution is 2.18. The van der Waals surface area contributed by atoms with Crippen LogP contribution < -0.4 is 0 Å². The van der Waals surface area contributed by atoms with E-state index in [1.807, 2.05) is 36.7 Å². The summed E-state index contributed by atoms with van der Waals surface area (Å²) in [6.45, 7) is 2.03. The summed E-state index contributed by atoms with van der Waals surface area (Å²) in [4.78, 5) is 15.6. The lowest BCUT2D eigenvalue weighted by Gasteiger charge is -2.02. The summed E-state index contributed by atoms with van der Waals surface area (Å²) in [5.74, 6) is 0.465. The topological polar surface area (TPSA) is 44.1 Å². The van der Waals surface area contributed by atoms with E-state index in [9.17, 15) is 4.79 Å². The molecule has 0 aliphatic carbocycles. The van der Waals surface area contributed by atoms with Crippen LogP contribution >= 0.6 is 0 Å². The van der Waals surface area contributed by atoms with Crippen molar-refractivity contribution in [2.24, 2.45) is 7.05 Å². The minimum atomic E-state index is -0.268. The van der Waals surface area contributed by atoms with E-state index in [1.165, 1.54) is 7.11 Å². The van der Waals surface area contributed by atoms with Crippen molar-refractivity contribution < 1.29 is 9.53 Å². The largest absolute Gasteiger partial charge is 0.469 e. The summed E-state index contributed by atoms with van der Waals surface area (Å²) < 4.78 is 6.59. The van der Waals surface area contributed by atoms with Gasteiger partial charge in [0, 0.05) is 7.05 Å². The van der Waals surface area contributed by atoms with E-state index < -0.39 is 0 Å². The number of nitrogens with zero attached hydrogens (tertiary/aromatic N) is 2. The van der Waals surface area contributed by atoms with Crippen LogP contribution in [0, 0.1) is 6.92 Å². The predicted octanol–water partition coefficient (Wildman–Crippen LogP) is 1.60. The number of methoxy groups -OCH3 is 1. The van der Waals surface area contributed by atoms with E-state index in [-0.39, 0.29) is 12.4 Å². The quantitative estimate of drug-likeness (QED) is 0.719. The van der Waals surface area contributed by atoms with Crippen molar-refractivity contribution in [3.05, 3.63) is 29.6 Å². The number of para-hydroxylation sites is 1. The fourth-order valence-corrected chi connectivity index (χ4v) is 1.87. The van der Waals surface area contributed by atoms with E-state index in [2.05, 4.69) is 9.72 Å². The standard InChI is InChI=1S/C12H14N2O2/c1-8-5-4-6-9-12(8)14(2)10(13-9)7-11(15)16-3/h4-6H,7H2,1-3H3. The van der Waals surface area contributed by atoms with Crippen LogP contribution in [0.1, 0.15) is 11.4 Å². The van der Waals surface area contributed by atoms with Gasteiger partial charge in [-0.25, -0.2) is 4.98 Å². The Labute approximate surface area is 93.9 Å². The fraction of sp³-hybridized carbons (Fsp3) is 0.333. The zero-order valence-corrected chi connectivity index (χ0v) is 9.65. The maximum absolute atomic E-state index is 11.2. The number of ether oxygens (including phenoxy) is 1. The first kappa shape index (κ1) is 10.7. The molecule has 4 heteroatoms. The summed E-state index contributed by atoms with van der Waals surface area (Å²) >= 11 is 0. The average molecular weight is 218 g/mol. The molecule has 1 aromatic carbocycles. The molecule has 0 atom stereocenters. The number of aryl methyl sites for hydroxylation is 2. The van der Waals surface area contributed by atoms with E-state index in [0.717, 1.165) is 22.4 Å². The molecule has 2 aromatic rings. The molecule has 0 unspecified atom stereocenters. The van der Waals surface area contributed by atoms with Gasteiger partial charge in [-0.05, 0) is 18.6 Å². The van der Waals surface area contributed by atoms with Crippen LogP contribution in [-0.2, 0) is 23.0 Å². The summed E-state index contributed by atoms with van der Waals surface area (Å²) in [6.07, 6.45) is 0.209. The minimum Gasteiger partial charge on any atom is -0.469 e. The summed E-state index contributed by atoms with van der Waals surface area (Å²) in [6, 6.07) is 5.95. The molecule has 4 nitrogen and oxygen atoms in total. The molecule has 0 spiro atoms. The predicted molar refractivity (Wildman–Crippen MR) is 61.2 cm³/mol. The Hall–Kier alpha value is -1.84. The lowest BCUT2D eigenvalue weighted by molar-refractivity contribution is -0.139. The van der Waals surface area contributed by atoms with Gasteiger partial charge in [-0.15, -0.1) is 0 Å². The van der Waals surface area contributed by atoms with Gasteiger partial charge in [0.25, 0.3) is 0 Å². The van der Waals surface area contributed by atoms with E-state index >= 15 is 0 Å². The molecule has 0 bridgehead atoms. The Kier molecular flexibility index (Phi) is 2.64. The Bertz CT molecular complexity index is 543. The van der Waals surface area contributed by atoms with Gasteiger partial charge < -0.3 is 9.30 Å². The van der Waals surface area contributed by atoms with Crippen LogP contribution in [0.4, 0.5) is 0 Å². The van der Waals surface area contributed by atoms with E-state index in [1.54, 1.807) is 0 Å². The van der Waals surface area contributed by atoms with Crippen molar-refractivity contribution in [1.82, 2.24) is 9.55 Å². The van der Waals surface area contributed by atoms with Gasteiger partial charge in [-0.1, -0.05) is 12.1 Å². The maximum atomic E-state index is 11.2. The van der Waals surface area contributed by atoms with Crippen molar-refractivity contribution in [3.63, 3.8) is 0 Å². The van der Waals surface area contributed by atoms with Crippen LogP contribution in [0.25, 0.3) is 11.0 Å². The van der Waals surface area contributed by atoms with E-state index in [4.69, 9.17) is 0 Å². The molecule has 0 amide bonds. The number of hydrogen-bond acceptors (Lipinski definition) is 3. The number of esters is 1. The van der Waals surface area contributed by atoms with Gasteiger partial charge in [0.2, 0.25) is 0 Å². The molecule has 0 saturated carbocycles. The fourth-order valence-electron chi connectivity index (χ4n) is 1.87. The van der Waals surface area contributed by atoms with Crippen LogP contribution in [-0.4, -0.2) is 22.6 Å². The van der Waals surface area contributed by atoms with Crippen LogP contribution in [0.15, 0.2) is 18.2 Å². The molecule has 0 saturated heterocycles. The smallest absolute Gasteiger partial charge is 0.313 e. The Balaban J connectivity index is 2.52. The molecule has 84 valence electrons. The molecule has 0 radical (unpaired) electrons. The molecular weight excluding hydrogens is 204 g/mol. The van der Waals surface area contributed by atoms with Crippen LogP contribution in [0.2, 0.25) is 0 Å². The van der Waals surface area contributed by atoms with Gasteiger partial charge in [-0.3, -0.25) is 4.79 Å². The van der Waals surface area contributed by atoms with E-state index in [0.29, 0.717) is 0 Å². The molecule has 0 fully saturated rings. The molecule has 0 aliphatic rings. The third-order valence-electron chi connectivity index (χ3n) is 2.72. The van der Waals surface area contributed by atoms with Gasteiger partial charge >= 0.3 is 5.97 Å². The maximum Gasteiger partial charge on any atom is 0.313 e. The van der Waals surface area contributed by atoms with Gasteiger partial charge in [0.05, 0.1) is 18.1 Å². The Morgan fingerprint density at radius 2 is 2.25 bits per heavy atom. The first-order chi connectivity index (χ1) is 7.63. The third kappa shape index (κ3) is 1.66. The zero-order chi connectivity index (χ0) is 11.7. The molecule has 16 heavy (non-hydrogen) atoms. The van der Waals surface area contributed by atoms with Crippen molar-refractivity contribution in [3.8, 4) is 0 Å². The number of benzene rings is 1. The first-order valence-corrected chi connectivity index (χ1v) is 5.11. The van der Waals surface area contributed by atoms with Crippen molar-refractivity contribution in [2.45, 2.75) is 13.3 Å². The third-order valence-corrected chi connectivity index (χ3v) is 2.72. The zero-order valence-electron chi connectivity index (χ0n) is 9.65. The highest BCUT2D eigenvalue weighted by Gasteiger charge is 2.12. The lowest BCUT2D eigenvalue weighted by Crippen LogP contribution is -2.09. The number of carbonyl (C=O) groups is 1. The van der Waals surface area contributed by atoms with Gasteiger partial charge in [-0.2, -0.15) is 0 Å². The highest BCUT2D eigenvalue weighted by molar-refractivity contribution is 5.81. The summed E-state index contributed by atoms with van der Waals surface area (Å²) in [7, 11) is 3.30. The monoisotopic (exact) mass is 218 g/mol. The van der Waals surface area contributed by atoms with Gasteiger partial charge in [0.15, 0.2) is 0 Å². The lowest BCUT2D eigenvalue weighted by atomic mass is 10.2. The molecule has 0 N–H and O–H groups in total. The average Bonchev–Trinajstić information content (AvgIpc) is 2.57. The highest BCUT2D eigenvalue weighted by atomic mass is 16.5. The minimum absolute atomic E-state index is 0.209. The van der Waals surface area contributed by atoms with Crippen molar-refractivity contribution in [2.75, 3.05) is 7.11 Å².